The van der Waals surface area contributed by atoms with Gasteiger partial charge in [0, 0.05) is 31.7 Å². The lowest BCUT2D eigenvalue weighted by atomic mass is 10.1. The summed E-state index contributed by atoms with van der Waals surface area (Å²) in [6.07, 6.45) is 3.38. The van der Waals surface area contributed by atoms with Gasteiger partial charge in [0.15, 0.2) is 0 Å². The summed E-state index contributed by atoms with van der Waals surface area (Å²) in [5.74, 6) is 0.0853. The molecule has 1 aromatic rings. The van der Waals surface area contributed by atoms with E-state index in [4.69, 9.17) is 0 Å². The van der Waals surface area contributed by atoms with Gasteiger partial charge in [-0.25, -0.2) is 0 Å². The van der Waals surface area contributed by atoms with Crippen molar-refractivity contribution in [3.63, 3.8) is 0 Å². The van der Waals surface area contributed by atoms with Crippen LogP contribution in [0.4, 0.5) is 5.69 Å². The molecule has 0 aliphatic carbocycles. The van der Waals surface area contributed by atoms with Crippen molar-refractivity contribution in [2.24, 2.45) is 5.92 Å². The van der Waals surface area contributed by atoms with E-state index in [1.807, 2.05) is 28.0 Å². The molecule has 1 atom stereocenters. The monoisotopic (exact) mass is 286 g/mol. The lowest BCUT2D eigenvalue weighted by Gasteiger charge is -2.21. The molecule has 2 heterocycles. The summed E-state index contributed by atoms with van der Waals surface area (Å²) in [6.45, 7) is 4.24. The molecule has 2 aliphatic rings. The molecule has 0 N–H and O–H groups in total. The first kappa shape index (κ1) is 14.1. The molecular formula is C17H22N2O2. The van der Waals surface area contributed by atoms with Crippen molar-refractivity contribution in [3.05, 3.63) is 29.8 Å². The Bertz CT molecular complexity index is 555. The number of amides is 2. The summed E-state index contributed by atoms with van der Waals surface area (Å²) in [4.78, 5) is 28.5. The van der Waals surface area contributed by atoms with Crippen molar-refractivity contribution in [1.29, 1.82) is 0 Å². The number of rotatable bonds is 4. The van der Waals surface area contributed by atoms with Crippen LogP contribution in [0.15, 0.2) is 24.3 Å². The maximum absolute atomic E-state index is 12.7. The topological polar surface area (TPSA) is 40.6 Å². The van der Waals surface area contributed by atoms with E-state index in [1.165, 1.54) is 5.56 Å². The fraction of sp³-hybridized carbons (Fsp3) is 0.529. The molecule has 21 heavy (non-hydrogen) atoms. The number of para-hydroxylation sites is 1. The van der Waals surface area contributed by atoms with Gasteiger partial charge in [0.2, 0.25) is 11.8 Å². The zero-order valence-corrected chi connectivity index (χ0v) is 12.5. The van der Waals surface area contributed by atoms with Gasteiger partial charge in [0.1, 0.15) is 0 Å². The smallest absolute Gasteiger partial charge is 0.232 e. The lowest BCUT2D eigenvalue weighted by molar-refractivity contribution is -0.128. The molecular weight excluding hydrogens is 264 g/mol. The van der Waals surface area contributed by atoms with E-state index in [-0.39, 0.29) is 17.7 Å². The summed E-state index contributed by atoms with van der Waals surface area (Å²) >= 11 is 0. The van der Waals surface area contributed by atoms with Gasteiger partial charge in [-0.15, -0.1) is 0 Å². The SMILES string of the molecule is CCCCN1C[C@H](C(=O)N2CCc3ccccc32)CC1=O. The van der Waals surface area contributed by atoms with Gasteiger partial charge in [-0.1, -0.05) is 31.5 Å². The third-order valence-corrected chi connectivity index (χ3v) is 4.50. The van der Waals surface area contributed by atoms with Crippen LogP contribution < -0.4 is 4.90 Å². The van der Waals surface area contributed by atoms with Crippen LogP contribution in [-0.2, 0) is 16.0 Å². The first-order chi connectivity index (χ1) is 10.2. The van der Waals surface area contributed by atoms with Crippen LogP contribution in [0, 0.1) is 5.92 Å². The minimum absolute atomic E-state index is 0.118. The van der Waals surface area contributed by atoms with Gasteiger partial charge in [-0.05, 0) is 24.5 Å². The van der Waals surface area contributed by atoms with Crippen molar-refractivity contribution >= 4 is 17.5 Å². The molecule has 1 aromatic carbocycles. The first-order valence-corrected chi connectivity index (χ1v) is 7.87. The summed E-state index contributed by atoms with van der Waals surface area (Å²) in [7, 11) is 0. The van der Waals surface area contributed by atoms with Crippen molar-refractivity contribution in [2.45, 2.75) is 32.6 Å². The molecule has 4 heteroatoms. The van der Waals surface area contributed by atoms with Gasteiger partial charge in [-0.3, -0.25) is 9.59 Å². The van der Waals surface area contributed by atoms with E-state index in [1.54, 1.807) is 0 Å². The highest BCUT2D eigenvalue weighted by atomic mass is 16.2. The molecule has 0 saturated carbocycles. The average molecular weight is 286 g/mol. The Morgan fingerprint density at radius 2 is 2.14 bits per heavy atom. The van der Waals surface area contributed by atoms with Gasteiger partial charge in [0.25, 0.3) is 0 Å². The van der Waals surface area contributed by atoms with E-state index in [0.29, 0.717) is 13.0 Å². The molecule has 0 spiro atoms. The van der Waals surface area contributed by atoms with E-state index in [9.17, 15) is 9.59 Å². The second-order valence-corrected chi connectivity index (χ2v) is 5.96. The molecule has 0 aromatic heterocycles. The number of benzene rings is 1. The maximum atomic E-state index is 12.7. The number of fused-ring (bicyclic) bond motifs is 1. The molecule has 0 unspecified atom stereocenters. The molecule has 2 amide bonds. The van der Waals surface area contributed by atoms with Gasteiger partial charge < -0.3 is 9.80 Å². The zero-order chi connectivity index (χ0) is 14.8. The predicted molar refractivity (Wildman–Crippen MR) is 82.1 cm³/mol. The standard InChI is InChI=1S/C17H22N2O2/c1-2-3-9-18-12-14(11-16(18)20)17(21)19-10-8-13-6-4-5-7-15(13)19/h4-7,14H,2-3,8-12H2,1H3/t14-/m1/s1. The number of carbonyl (C=O) groups is 2. The fourth-order valence-electron chi connectivity index (χ4n) is 3.29. The minimum Gasteiger partial charge on any atom is -0.342 e. The van der Waals surface area contributed by atoms with E-state index >= 15 is 0 Å². The third-order valence-electron chi connectivity index (χ3n) is 4.50. The number of anilines is 1. The molecule has 3 rings (SSSR count). The quantitative estimate of drug-likeness (QED) is 0.851. The first-order valence-electron chi connectivity index (χ1n) is 7.87. The largest absolute Gasteiger partial charge is 0.342 e. The average Bonchev–Trinajstić information content (AvgIpc) is 3.08. The maximum Gasteiger partial charge on any atom is 0.232 e. The number of nitrogens with zero attached hydrogens (tertiary/aromatic N) is 2. The van der Waals surface area contributed by atoms with Crippen LogP contribution in [0.25, 0.3) is 0 Å². The van der Waals surface area contributed by atoms with Crippen LogP contribution in [0.1, 0.15) is 31.7 Å². The Labute approximate surface area is 125 Å². The van der Waals surface area contributed by atoms with Crippen LogP contribution in [-0.4, -0.2) is 36.3 Å². The van der Waals surface area contributed by atoms with E-state index in [0.717, 1.165) is 38.0 Å². The Morgan fingerprint density at radius 3 is 2.95 bits per heavy atom. The van der Waals surface area contributed by atoms with E-state index in [2.05, 4.69) is 13.0 Å². The second-order valence-electron chi connectivity index (χ2n) is 5.96. The summed E-state index contributed by atoms with van der Waals surface area (Å²) in [5.41, 5.74) is 2.26. The second kappa shape index (κ2) is 5.88. The third kappa shape index (κ3) is 2.67. The van der Waals surface area contributed by atoms with Crippen molar-refractivity contribution in [1.82, 2.24) is 4.90 Å². The molecule has 1 fully saturated rings. The summed E-state index contributed by atoms with van der Waals surface area (Å²) < 4.78 is 0. The van der Waals surface area contributed by atoms with E-state index < -0.39 is 0 Å². The van der Waals surface area contributed by atoms with Crippen LogP contribution in [0.2, 0.25) is 0 Å². The number of carbonyl (C=O) groups excluding carboxylic acids is 2. The fourth-order valence-corrected chi connectivity index (χ4v) is 3.29. The number of likely N-dealkylation sites (tertiary alicyclic amines) is 1. The molecule has 2 aliphatic heterocycles. The lowest BCUT2D eigenvalue weighted by Crippen LogP contribution is -2.36. The van der Waals surface area contributed by atoms with Gasteiger partial charge in [0.05, 0.1) is 5.92 Å². The van der Waals surface area contributed by atoms with Crippen molar-refractivity contribution in [2.75, 3.05) is 24.5 Å². The van der Waals surface area contributed by atoms with Crippen LogP contribution in [0.3, 0.4) is 0 Å². The highest BCUT2D eigenvalue weighted by Gasteiger charge is 2.38. The number of hydrogen-bond donors (Lipinski definition) is 0. The summed E-state index contributed by atoms with van der Waals surface area (Å²) in [6, 6.07) is 8.07. The Morgan fingerprint density at radius 1 is 1.33 bits per heavy atom. The summed E-state index contributed by atoms with van der Waals surface area (Å²) in [5, 5.41) is 0. The van der Waals surface area contributed by atoms with Gasteiger partial charge in [-0.2, -0.15) is 0 Å². The Balaban J connectivity index is 1.69. The molecule has 4 nitrogen and oxygen atoms in total. The van der Waals surface area contributed by atoms with Crippen molar-refractivity contribution < 1.29 is 9.59 Å². The molecule has 1 saturated heterocycles. The minimum atomic E-state index is -0.166. The molecule has 112 valence electrons. The van der Waals surface area contributed by atoms with Crippen LogP contribution in [0.5, 0.6) is 0 Å². The Kier molecular flexibility index (Phi) is 3.95. The highest BCUT2D eigenvalue weighted by Crippen LogP contribution is 2.31. The highest BCUT2D eigenvalue weighted by molar-refractivity contribution is 6.00. The Hall–Kier alpha value is -1.84. The van der Waals surface area contributed by atoms with Crippen molar-refractivity contribution in [3.8, 4) is 0 Å². The number of hydrogen-bond acceptors (Lipinski definition) is 2. The zero-order valence-electron chi connectivity index (χ0n) is 12.5. The van der Waals surface area contributed by atoms with Crippen LogP contribution >= 0.6 is 0 Å². The molecule has 0 bridgehead atoms. The molecule has 0 radical (unpaired) electrons. The normalized spacial score (nSPS) is 21.0. The number of unbranched alkanes of at least 4 members (excludes halogenated alkanes) is 1. The predicted octanol–water partition coefficient (Wildman–Crippen LogP) is 2.22. The van der Waals surface area contributed by atoms with Gasteiger partial charge >= 0.3 is 0 Å².